The second-order valence-electron chi connectivity index (χ2n) is 1.58. The van der Waals surface area contributed by atoms with Crippen molar-refractivity contribution in [2.45, 2.75) is 6.42 Å². The lowest BCUT2D eigenvalue weighted by Crippen LogP contribution is -2.04. The largest absolute Gasteiger partial charge is 0.469 e. The lowest BCUT2D eigenvalue weighted by atomic mass is 10.5. The molecule has 0 aromatic heterocycles. The van der Waals surface area contributed by atoms with Gasteiger partial charge in [-0.2, -0.15) is 0 Å². The average Bonchev–Trinajstić information content (AvgIpc) is 2.04. The van der Waals surface area contributed by atoms with Gasteiger partial charge in [0.25, 0.3) is 0 Å². The summed E-state index contributed by atoms with van der Waals surface area (Å²) in [5.74, 6) is -0.371. The maximum Gasteiger partial charge on any atom is 0.329 e. The fraction of sp³-hybridized carbons (Fsp3) is 0.800. The third-order valence-electron chi connectivity index (χ3n) is 0.892. The summed E-state index contributed by atoms with van der Waals surface area (Å²) in [5.41, 5.74) is 0. The molecule has 1 atom stereocenters. The number of ether oxygens (including phenoxy) is 1. The van der Waals surface area contributed by atoms with E-state index in [1.165, 1.54) is 14.2 Å². The van der Waals surface area contributed by atoms with Crippen molar-refractivity contribution in [3.63, 3.8) is 0 Å². The molecule has 0 fully saturated rings. The lowest BCUT2D eigenvalue weighted by Gasteiger charge is -2.05. The highest BCUT2D eigenvalue weighted by Gasteiger charge is 2.05. The summed E-state index contributed by atoms with van der Waals surface area (Å²) in [6, 6.07) is 0. The van der Waals surface area contributed by atoms with Crippen LogP contribution in [0.25, 0.3) is 0 Å². The molecule has 66 valence electrons. The number of rotatable bonds is 5. The van der Waals surface area contributed by atoms with E-state index in [1.54, 1.807) is 0 Å². The summed E-state index contributed by atoms with van der Waals surface area (Å²) < 4.78 is 13.4. The van der Waals surface area contributed by atoms with Crippen LogP contribution in [0.4, 0.5) is 0 Å². The Labute approximate surface area is 66.3 Å². The van der Waals surface area contributed by atoms with E-state index < -0.39 is 8.60 Å². The quantitative estimate of drug-likeness (QED) is 0.493. The molecule has 1 N–H and O–H groups in total. The molecule has 6 heteroatoms. The smallest absolute Gasteiger partial charge is 0.329 e. The maximum absolute atomic E-state index is 10.5. The predicted octanol–water partition coefficient (Wildman–Crippen LogP) is 0.432. The molecule has 0 radical (unpaired) electrons. The Morgan fingerprint density at radius 2 is 2.18 bits per heavy atom. The SMILES string of the molecule is COC(=O)CCOP(O)OC. The van der Waals surface area contributed by atoms with Crippen molar-refractivity contribution in [3.8, 4) is 0 Å². The monoisotopic (exact) mass is 182 g/mol. The molecule has 0 aliphatic rings. The van der Waals surface area contributed by atoms with Gasteiger partial charge in [-0.05, 0) is 0 Å². The van der Waals surface area contributed by atoms with Crippen LogP contribution in [0.5, 0.6) is 0 Å². The number of carbonyl (C=O) groups excluding carboxylic acids is 1. The van der Waals surface area contributed by atoms with Crippen LogP contribution < -0.4 is 0 Å². The van der Waals surface area contributed by atoms with E-state index >= 15 is 0 Å². The molecule has 5 nitrogen and oxygen atoms in total. The first-order valence-corrected chi connectivity index (χ1v) is 4.06. The van der Waals surface area contributed by atoms with E-state index in [9.17, 15) is 4.79 Å². The van der Waals surface area contributed by atoms with Crippen LogP contribution in [0.15, 0.2) is 0 Å². The van der Waals surface area contributed by atoms with E-state index in [2.05, 4.69) is 13.8 Å². The van der Waals surface area contributed by atoms with Crippen LogP contribution in [-0.2, 0) is 18.6 Å². The summed E-state index contributed by atoms with van der Waals surface area (Å²) in [4.78, 5) is 19.2. The van der Waals surface area contributed by atoms with Gasteiger partial charge in [0.15, 0.2) is 0 Å². The van der Waals surface area contributed by atoms with Crippen LogP contribution in [0.1, 0.15) is 6.42 Å². The van der Waals surface area contributed by atoms with Crippen molar-refractivity contribution in [2.75, 3.05) is 20.8 Å². The minimum atomic E-state index is -1.82. The van der Waals surface area contributed by atoms with Gasteiger partial charge in [0.2, 0.25) is 0 Å². The third kappa shape index (κ3) is 6.19. The minimum Gasteiger partial charge on any atom is -0.469 e. The van der Waals surface area contributed by atoms with Crippen molar-refractivity contribution in [2.24, 2.45) is 0 Å². The summed E-state index contributed by atoms with van der Waals surface area (Å²) in [6.45, 7) is 0.114. The normalized spacial score (nSPS) is 12.6. The van der Waals surface area contributed by atoms with Gasteiger partial charge < -0.3 is 18.7 Å². The molecule has 0 heterocycles. The molecule has 0 aliphatic heterocycles. The zero-order chi connectivity index (χ0) is 8.69. The Morgan fingerprint density at radius 1 is 1.55 bits per heavy atom. The fourth-order valence-corrected chi connectivity index (χ4v) is 0.715. The lowest BCUT2D eigenvalue weighted by molar-refractivity contribution is -0.141. The molecule has 0 aromatic carbocycles. The highest BCUT2D eigenvalue weighted by Crippen LogP contribution is 2.30. The van der Waals surface area contributed by atoms with Crippen LogP contribution in [0.3, 0.4) is 0 Å². The van der Waals surface area contributed by atoms with Gasteiger partial charge in [-0.15, -0.1) is 0 Å². The van der Waals surface area contributed by atoms with E-state index in [1.807, 2.05) is 0 Å². The van der Waals surface area contributed by atoms with E-state index in [4.69, 9.17) is 4.89 Å². The van der Waals surface area contributed by atoms with Crippen molar-refractivity contribution in [1.82, 2.24) is 0 Å². The molecule has 0 aromatic rings. The Hall–Kier alpha value is -0.220. The molecular weight excluding hydrogens is 171 g/mol. The molecule has 0 saturated carbocycles. The van der Waals surface area contributed by atoms with Gasteiger partial charge in [-0.1, -0.05) is 0 Å². The highest BCUT2D eigenvalue weighted by molar-refractivity contribution is 7.40. The molecule has 0 amide bonds. The minimum absolute atomic E-state index is 0.114. The van der Waals surface area contributed by atoms with Gasteiger partial charge in [0.1, 0.15) is 0 Å². The van der Waals surface area contributed by atoms with Crippen molar-refractivity contribution in [1.29, 1.82) is 0 Å². The zero-order valence-electron chi connectivity index (χ0n) is 6.44. The van der Waals surface area contributed by atoms with E-state index in [0.717, 1.165) is 0 Å². The number of carbonyl (C=O) groups is 1. The average molecular weight is 182 g/mol. The molecular formula is C5H11O5P. The summed E-state index contributed by atoms with van der Waals surface area (Å²) in [6.07, 6.45) is 0.124. The summed E-state index contributed by atoms with van der Waals surface area (Å²) >= 11 is 0. The van der Waals surface area contributed by atoms with Gasteiger partial charge in [-0.3, -0.25) is 4.79 Å². The van der Waals surface area contributed by atoms with Crippen molar-refractivity contribution < 1.29 is 23.5 Å². The molecule has 0 rings (SSSR count). The van der Waals surface area contributed by atoms with Gasteiger partial charge in [0.05, 0.1) is 20.1 Å². The molecule has 0 spiro atoms. The second kappa shape index (κ2) is 6.49. The molecule has 11 heavy (non-hydrogen) atoms. The molecule has 1 unspecified atom stereocenters. The number of esters is 1. The molecule has 0 bridgehead atoms. The van der Waals surface area contributed by atoms with Gasteiger partial charge in [0, 0.05) is 7.11 Å². The second-order valence-corrected chi connectivity index (χ2v) is 2.68. The standard InChI is InChI=1S/C5H11O5P/c1-8-5(6)3-4-10-11(7)9-2/h7H,3-4H2,1-2H3. The van der Waals surface area contributed by atoms with Crippen LogP contribution in [0, 0.1) is 0 Å². The van der Waals surface area contributed by atoms with E-state index in [-0.39, 0.29) is 19.0 Å². The molecule has 0 saturated heterocycles. The molecule has 0 aliphatic carbocycles. The van der Waals surface area contributed by atoms with Crippen LogP contribution in [-0.4, -0.2) is 31.7 Å². The zero-order valence-corrected chi connectivity index (χ0v) is 7.34. The number of hydrogen-bond donors (Lipinski definition) is 1. The Morgan fingerprint density at radius 3 is 2.64 bits per heavy atom. The van der Waals surface area contributed by atoms with Gasteiger partial charge >= 0.3 is 14.6 Å². The number of hydrogen-bond acceptors (Lipinski definition) is 5. The Bertz CT molecular complexity index is 117. The topological polar surface area (TPSA) is 65.0 Å². The highest BCUT2D eigenvalue weighted by atomic mass is 31.2. The third-order valence-corrected chi connectivity index (χ3v) is 1.61. The van der Waals surface area contributed by atoms with Crippen LogP contribution >= 0.6 is 8.60 Å². The summed E-state index contributed by atoms with van der Waals surface area (Å²) in [5, 5.41) is 0. The van der Waals surface area contributed by atoms with Crippen molar-refractivity contribution in [3.05, 3.63) is 0 Å². The van der Waals surface area contributed by atoms with Crippen molar-refractivity contribution >= 4 is 14.6 Å². The van der Waals surface area contributed by atoms with E-state index in [0.29, 0.717) is 0 Å². The van der Waals surface area contributed by atoms with Gasteiger partial charge in [-0.25, -0.2) is 0 Å². The maximum atomic E-state index is 10.5. The predicted molar refractivity (Wildman–Crippen MR) is 38.7 cm³/mol. The summed E-state index contributed by atoms with van der Waals surface area (Å²) in [7, 11) is 0.794. The Balaban J connectivity index is 3.20. The fourth-order valence-electron chi connectivity index (χ4n) is 0.362. The van der Waals surface area contributed by atoms with Crippen LogP contribution in [0.2, 0.25) is 0 Å². The first-order chi connectivity index (χ1) is 5.20. The Kier molecular flexibility index (Phi) is 6.36. The first-order valence-electron chi connectivity index (χ1n) is 2.93. The first kappa shape index (κ1) is 10.8. The number of methoxy groups -OCH3 is 1.